The number of imide groups is 1. The molecule has 344 valence electrons. The Hall–Kier alpha value is -6.64. The van der Waals surface area contributed by atoms with Crippen LogP contribution in [0.5, 0.6) is 23.0 Å². The molecule has 0 unspecified atom stereocenters. The van der Waals surface area contributed by atoms with Crippen LogP contribution in [0.4, 0.5) is 8.78 Å². The van der Waals surface area contributed by atoms with E-state index in [9.17, 15) is 38.4 Å². The summed E-state index contributed by atoms with van der Waals surface area (Å²) in [6.07, 6.45) is 0.599. The fourth-order valence-corrected chi connectivity index (χ4v) is 7.60. The SMILES string of the molecule is CCNC(=O)CCOC(=O)CCC(=O)N1Cc2cc(OC)c(OCCCOc3c(OC)cc4sc(C(=O)CCC(=O)O[C@@H](C)CNC(=O)CN5C(=O)C=CC5=O)cc4c3F)c(F)c2C1. The summed E-state index contributed by atoms with van der Waals surface area (Å²) in [5.74, 6) is -6.00. The molecule has 5 amide bonds. The lowest BCUT2D eigenvalue weighted by Gasteiger charge is -2.16. The van der Waals surface area contributed by atoms with E-state index in [0.717, 1.165) is 28.4 Å². The number of halogens is 2. The highest BCUT2D eigenvalue weighted by Crippen LogP contribution is 2.41. The van der Waals surface area contributed by atoms with Gasteiger partial charge in [0.25, 0.3) is 11.8 Å². The van der Waals surface area contributed by atoms with Gasteiger partial charge in [-0.25, -0.2) is 8.78 Å². The van der Waals surface area contributed by atoms with Gasteiger partial charge in [0.2, 0.25) is 17.7 Å². The maximum Gasteiger partial charge on any atom is 0.306 e. The number of amides is 5. The minimum absolute atomic E-state index is 0.0109. The van der Waals surface area contributed by atoms with Gasteiger partial charge in [-0.3, -0.25) is 43.3 Å². The number of benzene rings is 2. The molecule has 64 heavy (non-hydrogen) atoms. The van der Waals surface area contributed by atoms with Crippen molar-refractivity contribution in [3.05, 3.63) is 58.0 Å². The summed E-state index contributed by atoms with van der Waals surface area (Å²) >= 11 is 1.00. The minimum Gasteiger partial charge on any atom is -0.493 e. The van der Waals surface area contributed by atoms with Crippen LogP contribution in [0, 0.1) is 11.6 Å². The van der Waals surface area contributed by atoms with Crippen LogP contribution in [0.15, 0.2) is 30.4 Å². The van der Waals surface area contributed by atoms with Gasteiger partial charge in [-0.1, -0.05) is 0 Å². The summed E-state index contributed by atoms with van der Waals surface area (Å²) in [6.45, 7) is 2.93. The van der Waals surface area contributed by atoms with Crippen molar-refractivity contribution in [3.63, 3.8) is 0 Å². The number of esters is 2. The first-order valence-electron chi connectivity index (χ1n) is 20.3. The fourth-order valence-electron chi connectivity index (χ4n) is 6.54. The second kappa shape index (κ2) is 22.6. The van der Waals surface area contributed by atoms with Gasteiger partial charge < -0.3 is 44.0 Å². The van der Waals surface area contributed by atoms with E-state index >= 15 is 8.78 Å². The molecule has 2 aromatic carbocycles. The third-order valence-electron chi connectivity index (χ3n) is 9.81. The van der Waals surface area contributed by atoms with E-state index in [4.69, 9.17) is 28.4 Å². The van der Waals surface area contributed by atoms with Gasteiger partial charge in [-0.2, -0.15) is 0 Å². The van der Waals surface area contributed by atoms with E-state index in [-0.39, 0.29) is 129 Å². The topological polar surface area (TPSA) is 222 Å². The van der Waals surface area contributed by atoms with Crippen LogP contribution in [0.25, 0.3) is 10.1 Å². The van der Waals surface area contributed by atoms with E-state index in [1.165, 1.54) is 38.2 Å². The third-order valence-corrected chi connectivity index (χ3v) is 10.9. The van der Waals surface area contributed by atoms with Gasteiger partial charge in [0.1, 0.15) is 19.3 Å². The van der Waals surface area contributed by atoms with Gasteiger partial charge in [0.05, 0.1) is 58.1 Å². The molecule has 0 fully saturated rings. The van der Waals surface area contributed by atoms with Crippen molar-refractivity contribution in [3.8, 4) is 23.0 Å². The molecular formula is C43H48F2N4O14S. The van der Waals surface area contributed by atoms with Crippen LogP contribution >= 0.6 is 11.3 Å². The molecule has 3 aromatic rings. The number of nitrogens with zero attached hydrogens (tertiary/aromatic N) is 2. The van der Waals surface area contributed by atoms with Gasteiger partial charge in [-0.05, 0) is 31.5 Å². The third kappa shape index (κ3) is 12.5. The summed E-state index contributed by atoms with van der Waals surface area (Å²) in [5.41, 5.74) is 0.749. The Morgan fingerprint density at radius 2 is 1.44 bits per heavy atom. The lowest BCUT2D eigenvalue weighted by atomic mass is 10.1. The van der Waals surface area contributed by atoms with Gasteiger partial charge >= 0.3 is 11.9 Å². The molecule has 21 heteroatoms. The van der Waals surface area contributed by atoms with Crippen molar-refractivity contribution in [1.29, 1.82) is 0 Å². The maximum atomic E-state index is 15.8. The molecule has 0 spiro atoms. The second-order valence-electron chi connectivity index (χ2n) is 14.5. The van der Waals surface area contributed by atoms with Gasteiger partial charge in [-0.15, -0.1) is 11.3 Å². The molecule has 0 aliphatic carbocycles. The van der Waals surface area contributed by atoms with Crippen LogP contribution in [0.2, 0.25) is 0 Å². The first kappa shape index (κ1) is 48.4. The molecule has 0 radical (unpaired) electrons. The molecule has 1 atom stereocenters. The second-order valence-corrected chi connectivity index (χ2v) is 15.5. The lowest BCUT2D eigenvalue weighted by Crippen LogP contribution is -2.42. The highest BCUT2D eigenvalue weighted by atomic mass is 32.1. The van der Waals surface area contributed by atoms with Crippen LogP contribution in [0.1, 0.15) is 73.2 Å². The van der Waals surface area contributed by atoms with E-state index in [1.54, 1.807) is 13.0 Å². The Kier molecular flexibility index (Phi) is 17.1. The van der Waals surface area contributed by atoms with Crippen LogP contribution in [0.3, 0.4) is 0 Å². The number of thiophene rings is 1. The zero-order valence-corrected chi connectivity index (χ0v) is 36.5. The van der Waals surface area contributed by atoms with Crippen LogP contribution in [-0.2, 0) is 56.1 Å². The molecule has 3 heterocycles. The first-order valence-corrected chi connectivity index (χ1v) is 21.1. The number of ketones is 1. The Morgan fingerprint density at radius 3 is 2.11 bits per heavy atom. The zero-order valence-electron chi connectivity index (χ0n) is 35.6. The number of rotatable bonds is 24. The van der Waals surface area contributed by atoms with Gasteiger partial charge in [0, 0.05) is 72.8 Å². The average molecular weight is 915 g/mol. The predicted molar refractivity (Wildman–Crippen MR) is 223 cm³/mol. The zero-order chi connectivity index (χ0) is 46.5. The normalized spacial score (nSPS) is 13.4. The Bertz CT molecular complexity index is 2310. The minimum atomic E-state index is -0.783. The Labute approximate surface area is 370 Å². The molecule has 0 bridgehead atoms. The Balaban J connectivity index is 1.08. The standard InChI is InChI=1S/C43H48F2N4O14S/c1-5-46-33(51)13-16-60-38(56)12-10-35(53)48-21-25-17-29(58-3)42(41(45)27(25)22-48)61-14-6-15-62-43-30(59-4)19-31-26(40(43)44)18-32(64-31)28(50)7-11-39(57)63-24(2)20-47-34(52)23-49-36(54)8-9-37(49)55/h8-9,17-19,24H,5-7,10-16,20-23H2,1-4H3,(H,46,51)(H,47,52)/t24-/m0/s1. The Morgan fingerprint density at radius 1 is 0.781 bits per heavy atom. The average Bonchev–Trinajstić information content (AvgIpc) is 3.99. The number of hydrogen-bond acceptors (Lipinski definition) is 15. The summed E-state index contributed by atoms with van der Waals surface area (Å²) in [4.78, 5) is 99.7. The van der Waals surface area contributed by atoms with Crippen molar-refractivity contribution in [2.45, 2.75) is 71.6 Å². The van der Waals surface area contributed by atoms with Crippen molar-refractivity contribution >= 4 is 68.7 Å². The smallest absolute Gasteiger partial charge is 0.306 e. The molecular weight excluding hydrogens is 867 g/mol. The van der Waals surface area contributed by atoms with E-state index in [0.29, 0.717) is 16.8 Å². The fraction of sp³-hybridized carbons (Fsp3) is 0.442. The van der Waals surface area contributed by atoms with Crippen molar-refractivity contribution in [2.75, 3.05) is 53.7 Å². The van der Waals surface area contributed by atoms with Crippen molar-refractivity contribution in [1.82, 2.24) is 20.4 Å². The first-order chi connectivity index (χ1) is 30.6. The molecule has 0 saturated carbocycles. The quantitative estimate of drug-likeness (QED) is 0.0567. The van der Waals surface area contributed by atoms with E-state index in [1.807, 2.05) is 0 Å². The summed E-state index contributed by atoms with van der Waals surface area (Å²) in [5, 5.41) is 5.16. The number of hydrogen-bond donors (Lipinski definition) is 2. The summed E-state index contributed by atoms with van der Waals surface area (Å²) < 4.78 is 64.6. The number of ether oxygens (including phenoxy) is 6. The molecule has 18 nitrogen and oxygen atoms in total. The number of carbonyl (C=O) groups is 8. The van der Waals surface area contributed by atoms with Crippen molar-refractivity contribution < 1.29 is 75.6 Å². The highest BCUT2D eigenvalue weighted by Gasteiger charge is 2.31. The highest BCUT2D eigenvalue weighted by molar-refractivity contribution is 7.20. The molecule has 1 aromatic heterocycles. The molecule has 2 aliphatic rings. The van der Waals surface area contributed by atoms with Crippen molar-refractivity contribution in [2.24, 2.45) is 0 Å². The summed E-state index contributed by atoms with van der Waals surface area (Å²) in [7, 11) is 2.67. The van der Waals surface area contributed by atoms with Crippen LogP contribution < -0.4 is 29.6 Å². The molecule has 0 saturated heterocycles. The monoisotopic (exact) mass is 914 g/mol. The van der Waals surface area contributed by atoms with E-state index in [2.05, 4.69) is 10.6 Å². The lowest BCUT2D eigenvalue weighted by molar-refractivity contribution is -0.148. The number of methoxy groups -OCH3 is 2. The predicted octanol–water partition coefficient (Wildman–Crippen LogP) is 3.67. The molecule has 2 N–H and O–H groups in total. The van der Waals surface area contributed by atoms with E-state index < -0.39 is 59.7 Å². The van der Waals surface area contributed by atoms with Crippen LogP contribution in [-0.4, -0.2) is 117 Å². The number of nitrogens with one attached hydrogen (secondary N) is 2. The molecule has 2 aliphatic heterocycles. The largest absolute Gasteiger partial charge is 0.493 e. The summed E-state index contributed by atoms with van der Waals surface area (Å²) in [6, 6.07) is 4.45. The number of fused-ring (bicyclic) bond motifs is 2. The number of carbonyl (C=O) groups excluding carboxylic acids is 8. The molecule has 5 rings (SSSR count). The maximum absolute atomic E-state index is 15.8. The number of Topliss-reactive ketones (excluding diaryl/α,β-unsaturated/α-hetero) is 1. The van der Waals surface area contributed by atoms with Gasteiger partial charge in [0.15, 0.2) is 40.4 Å².